The van der Waals surface area contributed by atoms with E-state index in [1.54, 1.807) is 0 Å². The van der Waals surface area contributed by atoms with E-state index in [1.165, 1.54) is 17.5 Å². The summed E-state index contributed by atoms with van der Waals surface area (Å²) in [6.45, 7) is 0.357. The number of carboxylic acid groups (broad SMARTS) is 1. The standard InChI is InChI=1S/C27H30O5/c28-15-17-5-7-18(8-6-17)16-31-26-14-21(13-25(32-26)27(29)30)19-9-10-24-22(11-19)12-20-3-1-2-4-23(20)24/h1-8,13,19,21-22,24,26,28H,9-12,14-16H2,(H,29,30)/t19?,21-,22?,24?,26+/m0/s1. The van der Waals surface area contributed by atoms with Gasteiger partial charge in [0.05, 0.1) is 13.2 Å². The zero-order chi connectivity index (χ0) is 22.1. The number of aliphatic carboxylic acids is 1. The van der Waals surface area contributed by atoms with Crippen molar-refractivity contribution in [3.05, 3.63) is 82.6 Å². The molecule has 5 atom stereocenters. The van der Waals surface area contributed by atoms with Crippen molar-refractivity contribution in [3.63, 3.8) is 0 Å². The lowest BCUT2D eigenvalue weighted by molar-refractivity contribution is -0.164. The molecule has 0 bridgehead atoms. The number of hydrogen-bond acceptors (Lipinski definition) is 4. The van der Waals surface area contributed by atoms with Crippen molar-refractivity contribution in [1.82, 2.24) is 0 Å². The van der Waals surface area contributed by atoms with Crippen molar-refractivity contribution in [2.45, 2.75) is 57.5 Å². The van der Waals surface area contributed by atoms with Crippen LogP contribution in [0.4, 0.5) is 0 Å². The maximum atomic E-state index is 11.7. The van der Waals surface area contributed by atoms with Crippen LogP contribution in [0.15, 0.2) is 60.4 Å². The molecule has 0 saturated heterocycles. The van der Waals surface area contributed by atoms with Crippen molar-refractivity contribution in [2.24, 2.45) is 17.8 Å². The summed E-state index contributed by atoms with van der Waals surface area (Å²) < 4.78 is 11.7. The number of allylic oxidation sites excluding steroid dienone is 1. The molecular weight excluding hydrogens is 404 g/mol. The third-order valence-electron chi connectivity index (χ3n) is 7.51. The van der Waals surface area contributed by atoms with E-state index in [9.17, 15) is 15.0 Å². The number of carbonyl (C=O) groups is 1. The molecule has 1 fully saturated rings. The highest BCUT2D eigenvalue weighted by molar-refractivity contribution is 5.84. The average Bonchev–Trinajstić information content (AvgIpc) is 3.20. The topological polar surface area (TPSA) is 76.0 Å². The van der Waals surface area contributed by atoms with Gasteiger partial charge in [0.15, 0.2) is 0 Å². The van der Waals surface area contributed by atoms with E-state index in [-0.39, 0.29) is 18.3 Å². The highest BCUT2D eigenvalue weighted by Gasteiger charge is 2.41. The maximum absolute atomic E-state index is 11.7. The highest BCUT2D eigenvalue weighted by Crippen LogP contribution is 2.50. The van der Waals surface area contributed by atoms with E-state index in [0.29, 0.717) is 30.8 Å². The van der Waals surface area contributed by atoms with E-state index in [0.717, 1.165) is 30.4 Å². The summed E-state index contributed by atoms with van der Waals surface area (Å²) in [6.07, 6.45) is 6.49. The first-order valence-corrected chi connectivity index (χ1v) is 11.6. The molecule has 1 saturated carbocycles. The maximum Gasteiger partial charge on any atom is 0.370 e. The molecule has 2 N–H and O–H groups in total. The first kappa shape index (κ1) is 21.2. The molecule has 5 heteroatoms. The van der Waals surface area contributed by atoms with Gasteiger partial charge in [-0.25, -0.2) is 4.79 Å². The molecule has 0 amide bonds. The molecule has 3 aliphatic rings. The minimum Gasteiger partial charge on any atom is -0.475 e. The van der Waals surface area contributed by atoms with Crippen molar-refractivity contribution in [2.75, 3.05) is 0 Å². The SMILES string of the molecule is O=C(O)C1=C[C@H](C2CCC3c4ccccc4CC3C2)C[C@H](OCc2ccc(CO)cc2)O1. The Hall–Kier alpha value is -2.63. The average molecular weight is 435 g/mol. The Kier molecular flexibility index (Phi) is 6.03. The van der Waals surface area contributed by atoms with Crippen molar-refractivity contribution < 1.29 is 24.5 Å². The molecule has 5 rings (SSSR count). The highest BCUT2D eigenvalue weighted by atomic mass is 16.7. The van der Waals surface area contributed by atoms with Gasteiger partial charge >= 0.3 is 5.97 Å². The quantitative estimate of drug-likeness (QED) is 0.684. The minimum atomic E-state index is -1.03. The Bertz CT molecular complexity index is 995. The molecule has 2 aliphatic carbocycles. The van der Waals surface area contributed by atoms with Gasteiger partial charge in [-0.3, -0.25) is 0 Å². The van der Waals surface area contributed by atoms with Gasteiger partial charge in [0.25, 0.3) is 0 Å². The van der Waals surface area contributed by atoms with Gasteiger partial charge in [-0.15, -0.1) is 0 Å². The molecule has 5 nitrogen and oxygen atoms in total. The van der Waals surface area contributed by atoms with Gasteiger partial charge in [0.2, 0.25) is 12.0 Å². The van der Waals surface area contributed by atoms with Crippen LogP contribution in [0.5, 0.6) is 0 Å². The van der Waals surface area contributed by atoms with Crippen LogP contribution >= 0.6 is 0 Å². The molecule has 3 unspecified atom stereocenters. The molecule has 1 heterocycles. The predicted molar refractivity (Wildman–Crippen MR) is 120 cm³/mol. The van der Waals surface area contributed by atoms with Gasteiger partial charge < -0.3 is 19.7 Å². The molecule has 0 radical (unpaired) electrons. The van der Waals surface area contributed by atoms with Gasteiger partial charge in [-0.2, -0.15) is 0 Å². The summed E-state index contributed by atoms with van der Waals surface area (Å²) in [4.78, 5) is 11.7. The molecule has 2 aromatic rings. The lowest BCUT2D eigenvalue weighted by Crippen LogP contribution is -2.33. The first-order chi connectivity index (χ1) is 15.6. The molecule has 0 spiro atoms. The number of fused-ring (bicyclic) bond motifs is 3. The van der Waals surface area contributed by atoms with Crippen LogP contribution in [0, 0.1) is 17.8 Å². The molecule has 168 valence electrons. The Morgan fingerprint density at radius 1 is 1.00 bits per heavy atom. The van der Waals surface area contributed by atoms with Crippen LogP contribution < -0.4 is 0 Å². The van der Waals surface area contributed by atoms with Gasteiger partial charge in [0.1, 0.15) is 0 Å². The second kappa shape index (κ2) is 9.08. The number of aliphatic hydroxyl groups is 1. The summed E-state index contributed by atoms with van der Waals surface area (Å²) in [5.41, 5.74) is 4.84. The zero-order valence-corrected chi connectivity index (χ0v) is 18.2. The molecule has 1 aliphatic heterocycles. The van der Waals surface area contributed by atoms with E-state index >= 15 is 0 Å². The van der Waals surface area contributed by atoms with Crippen LogP contribution in [-0.2, 0) is 33.9 Å². The van der Waals surface area contributed by atoms with Crippen molar-refractivity contribution >= 4 is 5.97 Å². The number of benzene rings is 2. The number of carboxylic acids is 1. The Labute approximate surface area is 188 Å². The third kappa shape index (κ3) is 4.32. The lowest BCUT2D eigenvalue weighted by Gasteiger charge is -2.38. The van der Waals surface area contributed by atoms with Crippen LogP contribution in [0.25, 0.3) is 0 Å². The summed E-state index contributed by atoms with van der Waals surface area (Å²) in [7, 11) is 0. The Morgan fingerprint density at radius 2 is 1.78 bits per heavy atom. The van der Waals surface area contributed by atoms with Gasteiger partial charge in [0, 0.05) is 6.42 Å². The van der Waals surface area contributed by atoms with Gasteiger partial charge in [-0.1, -0.05) is 48.5 Å². The molecular formula is C27H30O5. The summed E-state index contributed by atoms with van der Waals surface area (Å²) in [5, 5.41) is 18.8. The zero-order valence-electron chi connectivity index (χ0n) is 18.2. The monoisotopic (exact) mass is 434 g/mol. The van der Waals surface area contributed by atoms with E-state index < -0.39 is 12.3 Å². The predicted octanol–water partition coefficient (Wildman–Crippen LogP) is 4.78. The van der Waals surface area contributed by atoms with Crippen LogP contribution in [0.3, 0.4) is 0 Å². The second-order valence-electron chi connectivity index (χ2n) is 9.41. The fraction of sp³-hybridized carbons (Fsp3) is 0.444. The van der Waals surface area contributed by atoms with E-state index in [1.807, 2.05) is 30.3 Å². The third-order valence-corrected chi connectivity index (χ3v) is 7.51. The fourth-order valence-electron chi connectivity index (χ4n) is 5.88. The minimum absolute atomic E-state index is 0.00956. The number of hydrogen-bond donors (Lipinski definition) is 2. The van der Waals surface area contributed by atoms with Crippen LogP contribution in [0.1, 0.15) is 53.9 Å². The summed E-state index contributed by atoms with van der Waals surface area (Å²) >= 11 is 0. The number of rotatable bonds is 6. The van der Waals surface area contributed by atoms with Crippen LogP contribution in [0.2, 0.25) is 0 Å². The van der Waals surface area contributed by atoms with E-state index in [2.05, 4.69) is 24.3 Å². The van der Waals surface area contributed by atoms with Gasteiger partial charge in [-0.05, 0) is 77.7 Å². The molecule has 32 heavy (non-hydrogen) atoms. The first-order valence-electron chi connectivity index (χ1n) is 11.6. The van der Waals surface area contributed by atoms with Crippen molar-refractivity contribution in [1.29, 1.82) is 0 Å². The lowest BCUT2D eigenvalue weighted by atomic mass is 9.69. The van der Waals surface area contributed by atoms with Crippen molar-refractivity contribution in [3.8, 4) is 0 Å². The van der Waals surface area contributed by atoms with Crippen LogP contribution in [-0.4, -0.2) is 22.5 Å². The second-order valence-corrected chi connectivity index (χ2v) is 9.41. The number of aliphatic hydroxyl groups excluding tert-OH is 1. The largest absolute Gasteiger partial charge is 0.475 e. The number of ether oxygens (including phenoxy) is 2. The fourth-order valence-corrected chi connectivity index (χ4v) is 5.88. The summed E-state index contributed by atoms with van der Waals surface area (Å²) in [6, 6.07) is 16.4. The van der Waals surface area contributed by atoms with E-state index in [4.69, 9.17) is 9.47 Å². The molecule has 2 aromatic carbocycles. The smallest absolute Gasteiger partial charge is 0.370 e. The normalized spacial score (nSPS) is 28.9. The molecule has 0 aromatic heterocycles. The summed E-state index contributed by atoms with van der Waals surface area (Å²) in [5.74, 6) is 0.899. The Balaban J connectivity index is 1.25. The Morgan fingerprint density at radius 3 is 2.56 bits per heavy atom.